The third-order valence-corrected chi connectivity index (χ3v) is 5.33. The molecule has 0 bridgehead atoms. The van der Waals surface area contributed by atoms with E-state index in [1.54, 1.807) is 0 Å². The molecule has 28 heavy (non-hydrogen) atoms. The van der Waals surface area contributed by atoms with Gasteiger partial charge in [-0.2, -0.15) is 0 Å². The number of piperazine rings is 1. The minimum absolute atomic E-state index is 0.401. The summed E-state index contributed by atoms with van der Waals surface area (Å²) in [5, 5.41) is 1.18. The van der Waals surface area contributed by atoms with Crippen molar-refractivity contribution in [1.82, 2.24) is 14.8 Å². The lowest BCUT2D eigenvalue weighted by atomic mass is 10.1. The minimum atomic E-state index is -1.61. The number of nitrogens with zero attached hydrogens (tertiary/aromatic N) is 2. The summed E-state index contributed by atoms with van der Waals surface area (Å²) >= 11 is 0. The van der Waals surface area contributed by atoms with Crippen LogP contribution in [-0.4, -0.2) is 46.9 Å². The average molecular weight is 387 g/mol. The van der Waals surface area contributed by atoms with E-state index in [0.717, 1.165) is 29.9 Å². The van der Waals surface area contributed by atoms with Gasteiger partial charge in [0.1, 0.15) is 0 Å². The Morgan fingerprint density at radius 2 is 1.71 bits per heavy atom. The van der Waals surface area contributed by atoms with Crippen LogP contribution in [0.25, 0.3) is 10.9 Å². The fourth-order valence-electron chi connectivity index (χ4n) is 3.73. The first-order chi connectivity index (χ1) is 13.5. The lowest BCUT2D eigenvalue weighted by Gasteiger charge is -2.35. The third-order valence-electron chi connectivity index (χ3n) is 5.33. The number of benzene rings is 2. The highest BCUT2D eigenvalue weighted by atomic mass is 19.2. The molecule has 1 aliphatic heterocycles. The van der Waals surface area contributed by atoms with Crippen LogP contribution in [0.4, 0.5) is 13.2 Å². The number of fused-ring (bicyclic) bond motifs is 1. The second kappa shape index (κ2) is 7.31. The highest BCUT2D eigenvalue weighted by Crippen LogP contribution is 2.24. The number of amides is 1. The van der Waals surface area contributed by atoms with Gasteiger partial charge in [-0.25, -0.2) is 13.2 Å². The minimum Gasteiger partial charge on any atom is -0.358 e. The van der Waals surface area contributed by atoms with Crippen LogP contribution in [0.3, 0.4) is 0 Å². The first kappa shape index (κ1) is 18.6. The maximum atomic E-state index is 13.9. The normalized spacial score (nSPS) is 15.4. The van der Waals surface area contributed by atoms with Crippen LogP contribution >= 0.6 is 0 Å². The maximum Gasteiger partial charge on any atom is 0.257 e. The van der Waals surface area contributed by atoms with Gasteiger partial charge < -0.3 is 9.88 Å². The molecular weight excluding hydrogens is 367 g/mol. The molecule has 4 nitrogen and oxygen atoms in total. The summed E-state index contributed by atoms with van der Waals surface area (Å²) in [7, 11) is 0. The van der Waals surface area contributed by atoms with Crippen molar-refractivity contribution in [2.24, 2.45) is 0 Å². The molecule has 1 saturated heterocycles. The SMILES string of the molecule is Cc1[nH]c2ccccc2c1CN1CCN(C(=O)c2ccc(F)c(F)c2F)CC1. The van der Waals surface area contributed by atoms with E-state index in [1.807, 2.05) is 25.1 Å². The van der Waals surface area contributed by atoms with E-state index in [9.17, 15) is 18.0 Å². The summed E-state index contributed by atoms with van der Waals surface area (Å²) in [5.74, 6) is -4.95. The molecule has 2 heterocycles. The van der Waals surface area contributed by atoms with E-state index < -0.39 is 28.9 Å². The number of hydrogen-bond acceptors (Lipinski definition) is 2. The third kappa shape index (κ3) is 3.26. The fraction of sp³-hybridized carbons (Fsp3) is 0.286. The van der Waals surface area contributed by atoms with Crippen molar-refractivity contribution >= 4 is 16.8 Å². The molecule has 0 atom stereocenters. The zero-order chi connectivity index (χ0) is 19.8. The molecular formula is C21H20F3N3O. The molecule has 1 amide bonds. The maximum absolute atomic E-state index is 13.9. The van der Waals surface area contributed by atoms with Crippen LogP contribution in [0.2, 0.25) is 0 Å². The predicted octanol–water partition coefficient (Wildman–Crippen LogP) is 3.85. The summed E-state index contributed by atoms with van der Waals surface area (Å²) in [4.78, 5) is 19.6. The van der Waals surface area contributed by atoms with E-state index in [4.69, 9.17) is 0 Å². The summed E-state index contributed by atoms with van der Waals surface area (Å²) in [6, 6.07) is 9.90. The van der Waals surface area contributed by atoms with Crippen molar-refractivity contribution < 1.29 is 18.0 Å². The van der Waals surface area contributed by atoms with E-state index in [-0.39, 0.29) is 0 Å². The molecule has 0 spiro atoms. The van der Waals surface area contributed by atoms with Crippen LogP contribution in [0.1, 0.15) is 21.6 Å². The topological polar surface area (TPSA) is 39.3 Å². The second-order valence-corrected chi connectivity index (χ2v) is 7.07. The van der Waals surface area contributed by atoms with Gasteiger partial charge in [0, 0.05) is 49.3 Å². The number of para-hydroxylation sites is 1. The van der Waals surface area contributed by atoms with Gasteiger partial charge in [0.15, 0.2) is 17.5 Å². The van der Waals surface area contributed by atoms with Crippen LogP contribution in [0.15, 0.2) is 36.4 Å². The smallest absolute Gasteiger partial charge is 0.257 e. The molecule has 7 heteroatoms. The molecule has 4 rings (SSSR count). The van der Waals surface area contributed by atoms with E-state index in [2.05, 4.69) is 16.0 Å². The summed E-state index contributed by atoms with van der Waals surface area (Å²) in [6.07, 6.45) is 0. The number of nitrogens with one attached hydrogen (secondary N) is 1. The van der Waals surface area contributed by atoms with Gasteiger partial charge in [0.25, 0.3) is 5.91 Å². The van der Waals surface area contributed by atoms with Gasteiger partial charge in [-0.3, -0.25) is 9.69 Å². The lowest BCUT2D eigenvalue weighted by Crippen LogP contribution is -2.48. The zero-order valence-electron chi connectivity index (χ0n) is 15.4. The average Bonchev–Trinajstić information content (AvgIpc) is 3.02. The highest BCUT2D eigenvalue weighted by molar-refractivity contribution is 5.94. The molecule has 0 unspecified atom stereocenters. The Balaban J connectivity index is 1.44. The largest absolute Gasteiger partial charge is 0.358 e. The Morgan fingerprint density at radius 1 is 1.00 bits per heavy atom. The monoisotopic (exact) mass is 387 g/mol. The lowest BCUT2D eigenvalue weighted by molar-refractivity contribution is 0.0623. The summed E-state index contributed by atoms with van der Waals surface area (Å²) in [5.41, 5.74) is 3.00. The Bertz CT molecular complexity index is 1040. The highest BCUT2D eigenvalue weighted by Gasteiger charge is 2.27. The molecule has 1 fully saturated rings. The van der Waals surface area contributed by atoms with Crippen molar-refractivity contribution in [3.8, 4) is 0 Å². The standard InChI is InChI=1S/C21H20F3N3O/c1-13-16(14-4-2-3-5-18(14)25-13)12-26-8-10-27(11-9-26)21(28)15-6-7-17(22)20(24)19(15)23/h2-7,25H,8-12H2,1H3. The van der Waals surface area contributed by atoms with E-state index in [1.165, 1.54) is 15.8 Å². The van der Waals surface area contributed by atoms with Crippen molar-refractivity contribution in [2.75, 3.05) is 26.2 Å². The van der Waals surface area contributed by atoms with Crippen LogP contribution < -0.4 is 0 Å². The van der Waals surface area contributed by atoms with Crippen molar-refractivity contribution in [3.63, 3.8) is 0 Å². The first-order valence-electron chi connectivity index (χ1n) is 9.17. The van der Waals surface area contributed by atoms with Crippen molar-refractivity contribution in [3.05, 3.63) is 70.7 Å². The molecule has 2 aromatic carbocycles. The number of aromatic amines is 1. The molecule has 3 aromatic rings. The number of hydrogen-bond donors (Lipinski definition) is 1. The summed E-state index contributed by atoms with van der Waals surface area (Å²) in [6.45, 7) is 4.84. The van der Waals surface area contributed by atoms with Crippen LogP contribution in [0.5, 0.6) is 0 Å². The molecule has 0 saturated carbocycles. The van der Waals surface area contributed by atoms with E-state index >= 15 is 0 Å². The zero-order valence-corrected chi connectivity index (χ0v) is 15.4. The van der Waals surface area contributed by atoms with E-state index in [0.29, 0.717) is 26.2 Å². The number of rotatable bonds is 3. The molecule has 146 valence electrons. The Hall–Kier alpha value is -2.80. The number of H-pyrrole nitrogens is 1. The predicted molar refractivity (Wildman–Crippen MR) is 101 cm³/mol. The Morgan fingerprint density at radius 3 is 2.46 bits per heavy atom. The first-order valence-corrected chi connectivity index (χ1v) is 9.17. The number of halogens is 3. The number of aromatic nitrogens is 1. The molecule has 0 radical (unpaired) electrons. The second-order valence-electron chi connectivity index (χ2n) is 7.07. The van der Waals surface area contributed by atoms with Gasteiger partial charge >= 0.3 is 0 Å². The van der Waals surface area contributed by atoms with Gasteiger partial charge in [0.05, 0.1) is 5.56 Å². The van der Waals surface area contributed by atoms with Gasteiger partial charge in [-0.05, 0) is 30.7 Å². The van der Waals surface area contributed by atoms with Crippen molar-refractivity contribution in [2.45, 2.75) is 13.5 Å². The summed E-state index contributed by atoms with van der Waals surface area (Å²) < 4.78 is 40.4. The van der Waals surface area contributed by atoms with Crippen LogP contribution in [0, 0.1) is 24.4 Å². The van der Waals surface area contributed by atoms with Gasteiger partial charge in [0.2, 0.25) is 0 Å². The fourth-order valence-corrected chi connectivity index (χ4v) is 3.73. The number of carbonyl (C=O) groups excluding carboxylic acids is 1. The Labute approximate surface area is 160 Å². The van der Waals surface area contributed by atoms with Gasteiger partial charge in [-0.1, -0.05) is 18.2 Å². The van der Waals surface area contributed by atoms with Gasteiger partial charge in [-0.15, -0.1) is 0 Å². The quantitative estimate of drug-likeness (QED) is 0.694. The number of aryl methyl sites for hydroxylation is 1. The Kier molecular flexibility index (Phi) is 4.85. The number of carbonyl (C=O) groups is 1. The molecule has 1 aromatic heterocycles. The molecule has 1 aliphatic rings. The van der Waals surface area contributed by atoms with Crippen molar-refractivity contribution in [1.29, 1.82) is 0 Å². The molecule has 1 N–H and O–H groups in total. The van der Waals surface area contributed by atoms with Crippen LogP contribution in [-0.2, 0) is 6.54 Å². The molecule has 0 aliphatic carbocycles.